The van der Waals surface area contributed by atoms with Gasteiger partial charge in [0.05, 0.1) is 5.52 Å². The average Bonchev–Trinajstić information content (AvgIpc) is 3.39. The molecule has 0 N–H and O–H groups in total. The molecule has 0 saturated heterocycles. The predicted molar refractivity (Wildman–Crippen MR) is 167 cm³/mol. The number of aromatic nitrogens is 4. The van der Waals surface area contributed by atoms with Crippen molar-refractivity contribution in [1.29, 1.82) is 0 Å². The fourth-order valence-corrected chi connectivity index (χ4v) is 5.43. The van der Waals surface area contributed by atoms with E-state index in [1.165, 1.54) is 0 Å². The van der Waals surface area contributed by atoms with Crippen molar-refractivity contribution in [2.45, 2.75) is 0 Å². The SMILES string of the molecule is [Pt+2].[c-]1c(Oc2[c-]c3c(cc2)c2ccccc2n3-c2ccccn2)cc(-c2ccccc2)cc1-c1cc2ccccc2nn1. The Bertz CT molecular complexity index is 2230. The van der Waals surface area contributed by atoms with Gasteiger partial charge in [0.25, 0.3) is 0 Å². The number of hydrogen-bond donors (Lipinski definition) is 0. The van der Waals surface area contributed by atoms with Crippen LogP contribution in [0.25, 0.3) is 60.9 Å². The van der Waals surface area contributed by atoms with Crippen LogP contribution in [0.4, 0.5) is 0 Å². The summed E-state index contributed by atoms with van der Waals surface area (Å²) in [7, 11) is 0. The molecule has 0 aliphatic heterocycles. The normalized spacial score (nSPS) is 11.1. The van der Waals surface area contributed by atoms with Gasteiger partial charge in [-0.1, -0.05) is 102 Å². The fraction of sp³-hybridized carbons (Fsp3) is 0. The van der Waals surface area contributed by atoms with Crippen LogP contribution >= 0.6 is 0 Å². The van der Waals surface area contributed by atoms with Gasteiger partial charge in [0.2, 0.25) is 0 Å². The Morgan fingerprint density at radius 1 is 0.605 bits per heavy atom. The van der Waals surface area contributed by atoms with Gasteiger partial charge in [-0.3, -0.25) is 0 Å². The average molecular weight is 734 g/mol. The Labute approximate surface area is 262 Å². The van der Waals surface area contributed by atoms with Crippen molar-refractivity contribution in [3.63, 3.8) is 0 Å². The molecular weight excluding hydrogens is 712 g/mol. The van der Waals surface area contributed by atoms with Gasteiger partial charge in [0.1, 0.15) is 5.82 Å². The van der Waals surface area contributed by atoms with Gasteiger partial charge in [-0.25, -0.2) is 10.1 Å². The van der Waals surface area contributed by atoms with E-state index in [2.05, 4.69) is 74.3 Å². The maximum atomic E-state index is 6.49. The van der Waals surface area contributed by atoms with Gasteiger partial charge in [0, 0.05) is 28.9 Å². The van der Waals surface area contributed by atoms with E-state index in [0.29, 0.717) is 11.5 Å². The van der Waals surface area contributed by atoms with E-state index in [0.717, 1.165) is 60.9 Å². The minimum atomic E-state index is 0. The third-order valence-electron chi connectivity index (χ3n) is 7.38. The first kappa shape index (κ1) is 26.8. The molecule has 0 aliphatic carbocycles. The Morgan fingerprint density at radius 3 is 2.30 bits per heavy atom. The molecule has 5 nitrogen and oxygen atoms in total. The van der Waals surface area contributed by atoms with Crippen LogP contribution < -0.4 is 4.74 Å². The van der Waals surface area contributed by atoms with Gasteiger partial charge in [-0.2, -0.15) is 11.2 Å². The minimum absolute atomic E-state index is 0. The number of hydrogen-bond acceptors (Lipinski definition) is 4. The van der Waals surface area contributed by atoms with Crippen LogP contribution in [-0.4, -0.2) is 19.7 Å². The number of nitrogens with zero attached hydrogens (tertiary/aromatic N) is 4. The Morgan fingerprint density at radius 2 is 1.42 bits per heavy atom. The molecule has 0 fully saturated rings. The Kier molecular flexibility index (Phi) is 7.02. The second kappa shape index (κ2) is 11.3. The second-order valence-corrected chi connectivity index (χ2v) is 10.0. The maximum Gasteiger partial charge on any atom is 2.00 e. The topological polar surface area (TPSA) is 52.8 Å². The molecule has 0 unspecified atom stereocenters. The first-order chi connectivity index (χ1) is 20.8. The molecule has 0 radical (unpaired) electrons. The predicted octanol–water partition coefficient (Wildman–Crippen LogP) is 8.85. The van der Waals surface area contributed by atoms with E-state index in [1.54, 1.807) is 6.20 Å². The van der Waals surface area contributed by atoms with E-state index in [4.69, 9.17) is 4.74 Å². The quantitative estimate of drug-likeness (QED) is 0.166. The Balaban J connectivity index is 0.00000300. The number of pyridine rings is 1. The molecule has 43 heavy (non-hydrogen) atoms. The van der Waals surface area contributed by atoms with Crippen molar-refractivity contribution >= 4 is 32.7 Å². The van der Waals surface area contributed by atoms with Crippen molar-refractivity contribution in [2.24, 2.45) is 0 Å². The maximum absolute atomic E-state index is 6.49. The molecule has 0 aliphatic rings. The van der Waals surface area contributed by atoms with Gasteiger partial charge in [-0.15, -0.1) is 29.1 Å². The molecule has 0 bridgehead atoms. The van der Waals surface area contributed by atoms with Crippen LogP contribution in [0.15, 0.2) is 134 Å². The van der Waals surface area contributed by atoms with Gasteiger partial charge in [0.15, 0.2) is 0 Å². The smallest absolute Gasteiger partial charge is 0.503 e. The third-order valence-corrected chi connectivity index (χ3v) is 7.38. The van der Waals surface area contributed by atoms with Gasteiger partial charge >= 0.3 is 21.1 Å². The molecule has 0 spiro atoms. The number of ether oxygens (including phenoxy) is 1. The summed E-state index contributed by atoms with van der Waals surface area (Å²) in [4.78, 5) is 4.63. The van der Waals surface area contributed by atoms with Crippen LogP contribution in [0.2, 0.25) is 0 Å². The van der Waals surface area contributed by atoms with Crippen LogP contribution in [0.5, 0.6) is 11.5 Å². The largest absolute Gasteiger partial charge is 2.00 e. The molecule has 0 saturated carbocycles. The molecular formula is C37H22N4OPt. The second-order valence-electron chi connectivity index (χ2n) is 10.0. The summed E-state index contributed by atoms with van der Waals surface area (Å²) in [6.45, 7) is 0. The number of benzene rings is 5. The molecule has 5 aromatic carbocycles. The summed E-state index contributed by atoms with van der Waals surface area (Å²) in [6, 6.07) is 49.5. The van der Waals surface area contributed by atoms with Crippen molar-refractivity contribution in [3.05, 3.63) is 146 Å². The first-order valence-electron chi connectivity index (χ1n) is 13.7. The summed E-state index contributed by atoms with van der Waals surface area (Å²) < 4.78 is 8.61. The summed E-state index contributed by atoms with van der Waals surface area (Å²) in [5.74, 6) is 1.98. The summed E-state index contributed by atoms with van der Waals surface area (Å²) in [5, 5.41) is 12.2. The van der Waals surface area contributed by atoms with E-state index in [-0.39, 0.29) is 21.1 Å². The zero-order valence-corrected chi connectivity index (χ0v) is 25.0. The summed E-state index contributed by atoms with van der Waals surface area (Å²) >= 11 is 0. The molecule has 8 aromatic rings. The van der Waals surface area contributed by atoms with Crippen molar-refractivity contribution in [2.75, 3.05) is 0 Å². The van der Waals surface area contributed by atoms with Crippen LogP contribution in [0, 0.1) is 12.1 Å². The van der Waals surface area contributed by atoms with Crippen LogP contribution in [-0.2, 0) is 21.1 Å². The first-order valence-corrected chi connectivity index (χ1v) is 13.7. The molecule has 3 aromatic heterocycles. The van der Waals surface area contributed by atoms with Crippen molar-refractivity contribution in [3.8, 4) is 39.7 Å². The van der Waals surface area contributed by atoms with E-state index in [9.17, 15) is 0 Å². The van der Waals surface area contributed by atoms with Gasteiger partial charge < -0.3 is 9.30 Å². The number of fused-ring (bicyclic) bond motifs is 4. The van der Waals surface area contributed by atoms with Crippen LogP contribution in [0.3, 0.4) is 0 Å². The standard InChI is InChI=1S/C37H22N4O.Pt/c1-2-10-25(11-3-1)27-20-28(34-23-26-12-4-6-14-33(26)39-40-34)22-30(21-27)42-29-17-18-32-31-13-5-7-15-35(31)41(36(32)24-29)37-16-8-9-19-38-37;/h1-21,23H;/q-2;+2. The number of rotatable bonds is 5. The summed E-state index contributed by atoms with van der Waals surface area (Å²) in [5.41, 5.74) is 6.41. The molecule has 0 amide bonds. The third kappa shape index (κ3) is 4.98. The van der Waals surface area contributed by atoms with E-state index < -0.39 is 0 Å². The minimum Gasteiger partial charge on any atom is -0.503 e. The van der Waals surface area contributed by atoms with E-state index >= 15 is 0 Å². The molecule has 0 atom stereocenters. The monoisotopic (exact) mass is 733 g/mol. The van der Waals surface area contributed by atoms with Gasteiger partial charge in [-0.05, 0) is 40.6 Å². The Hall–Kier alpha value is -5.12. The number of para-hydroxylation sites is 1. The fourth-order valence-electron chi connectivity index (χ4n) is 5.43. The zero-order valence-electron chi connectivity index (χ0n) is 22.7. The van der Waals surface area contributed by atoms with Crippen molar-refractivity contribution in [1.82, 2.24) is 19.7 Å². The molecule has 8 rings (SSSR count). The molecule has 6 heteroatoms. The van der Waals surface area contributed by atoms with Crippen molar-refractivity contribution < 1.29 is 25.8 Å². The molecule has 206 valence electrons. The zero-order chi connectivity index (χ0) is 27.9. The molecule has 3 heterocycles. The summed E-state index contributed by atoms with van der Waals surface area (Å²) in [6.07, 6.45) is 1.80. The van der Waals surface area contributed by atoms with E-state index in [1.807, 2.05) is 84.9 Å². The van der Waals surface area contributed by atoms with Crippen LogP contribution in [0.1, 0.15) is 0 Å².